The van der Waals surface area contributed by atoms with Crippen molar-refractivity contribution in [3.8, 4) is 0 Å². The number of nitrogens with one attached hydrogen (secondary N) is 1. The maximum absolute atomic E-state index is 12.6. The Hall–Kier alpha value is -2.31. The monoisotopic (exact) mass is 484 g/mol. The predicted molar refractivity (Wildman–Crippen MR) is 119 cm³/mol. The van der Waals surface area contributed by atoms with Gasteiger partial charge in [-0.3, -0.25) is 9.59 Å². The van der Waals surface area contributed by atoms with Gasteiger partial charge in [-0.05, 0) is 38.0 Å². The van der Waals surface area contributed by atoms with Gasteiger partial charge in [-0.15, -0.1) is 0 Å². The summed E-state index contributed by atoms with van der Waals surface area (Å²) in [6.07, 6.45) is 0.589. The Morgan fingerprint density at radius 2 is 1.91 bits per heavy atom. The highest BCUT2D eigenvalue weighted by atomic mass is 32.2. The number of nitrogens with zero attached hydrogens (tertiary/aromatic N) is 3. The number of hydrazone groups is 1. The molecule has 2 aliphatic heterocycles. The lowest BCUT2D eigenvalue weighted by molar-refractivity contribution is -0.133. The van der Waals surface area contributed by atoms with Crippen molar-refractivity contribution in [2.45, 2.75) is 56.6 Å². The van der Waals surface area contributed by atoms with E-state index in [9.17, 15) is 26.4 Å². The van der Waals surface area contributed by atoms with Crippen molar-refractivity contribution in [3.05, 3.63) is 29.8 Å². The molecule has 32 heavy (non-hydrogen) atoms. The Labute approximate surface area is 188 Å². The van der Waals surface area contributed by atoms with Crippen LogP contribution in [0.25, 0.3) is 0 Å². The molecule has 12 heteroatoms. The topological polar surface area (TPSA) is 133 Å². The number of hydrogen-bond donors (Lipinski definition) is 1. The molecule has 2 amide bonds. The zero-order chi connectivity index (χ0) is 23.7. The molecule has 2 heterocycles. The maximum atomic E-state index is 12.6. The minimum absolute atomic E-state index is 0.0111. The van der Waals surface area contributed by atoms with E-state index in [-0.39, 0.29) is 53.4 Å². The van der Waals surface area contributed by atoms with Crippen LogP contribution in [0.2, 0.25) is 0 Å². The number of sulfonamides is 1. The second-order valence-electron chi connectivity index (χ2n) is 8.28. The average Bonchev–Trinajstić information content (AvgIpc) is 3.11. The highest BCUT2D eigenvalue weighted by Crippen LogP contribution is 2.22. The van der Waals surface area contributed by atoms with E-state index in [1.165, 1.54) is 23.5 Å². The van der Waals surface area contributed by atoms with Crippen LogP contribution < -0.4 is 5.32 Å². The second-order valence-corrected chi connectivity index (χ2v) is 12.5. The first-order valence-electron chi connectivity index (χ1n) is 10.4. The van der Waals surface area contributed by atoms with Crippen LogP contribution in [0.4, 0.5) is 0 Å². The fourth-order valence-electron chi connectivity index (χ4n) is 3.50. The third-order valence-electron chi connectivity index (χ3n) is 5.66. The molecule has 2 aliphatic rings. The fraction of sp³-hybridized carbons (Fsp3) is 0.550. The number of benzene rings is 1. The molecule has 1 fully saturated rings. The van der Waals surface area contributed by atoms with Gasteiger partial charge in [-0.1, -0.05) is 12.1 Å². The molecule has 0 saturated carbocycles. The van der Waals surface area contributed by atoms with Crippen LogP contribution in [0.15, 0.2) is 34.3 Å². The van der Waals surface area contributed by atoms with Gasteiger partial charge in [0.1, 0.15) is 5.71 Å². The molecule has 0 bridgehead atoms. The Balaban J connectivity index is 1.64. The number of carbonyl (C=O) groups is 2. The molecule has 1 N–H and O–H groups in total. The van der Waals surface area contributed by atoms with E-state index in [0.717, 1.165) is 5.01 Å². The molecule has 0 aliphatic carbocycles. The van der Waals surface area contributed by atoms with E-state index in [1.807, 2.05) is 0 Å². The summed E-state index contributed by atoms with van der Waals surface area (Å²) < 4.78 is 49.8. The lowest BCUT2D eigenvalue weighted by Crippen LogP contribution is -2.43. The van der Waals surface area contributed by atoms with Gasteiger partial charge < -0.3 is 5.32 Å². The summed E-state index contributed by atoms with van der Waals surface area (Å²) in [4.78, 5) is 24.9. The molecule has 176 valence electrons. The number of amides is 2. The zero-order valence-electron chi connectivity index (χ0n) is 18.3. The summed E-state index contributed by atoms with van der Waals surface area (Å²) in [5.74, 6) is -0.860. The molecule has 3 rings (SSSR count). The minimum atomic E-state index is -3.58. The Bertz CT molecular complexity index is 1130. The first kappa shape index (κ1) is 24.3. The first-order valence-corrected chi connectivity index (χ1v) is 13.6. The predicted octanol–water partition coefficient (Wildman–Crippen LogP) is 0.497. The van der Waals surface area contributed by atoms with E-state index >= 15 is 0 Å². The summed E-state index contributed by atoms with van der Waals surface area (Å²) in [7, 11) is -5.25. The van der Waals surface area contributed by atoms with Crippen molar-refractivity contribution in [2.24, 2.45) is 5.10 Å². The van der Waals surface area contributed by atoms with Crippen molar-refractivity contribution >= 4 is 37.4 Å². The van der Waals surface area contributed by atoms with Gasteiger partial charge in [-0.25, -0.2) is 21.8 Å². The second kappa shape index (κ2) is 9.28. The van der Waals surface area contributed by atoms with Crippen LogP contribution in [0.5, 0.6) is 0 Å². The van der Waals surface area contributed by atoms with Crippen molar-refractivity contribution in [1.82, 2.24) is 14.6 Å². The van der Waals surface area contributed by atoms with Gasteiger partial charge >= 0.3 is 0 Å². The van der Waals surface area contributed by atoms with Crippen LogP contribution in [0.3, 0.4) is 0 Å². The van der Waals surface area contributed by atoms with Crippen LogP contribution in [0.1, 0.15) is 38.7 Å². The number of carbonyl (C=O) groups excluding carboxylic acids is 2. The summed E-state index contributed by atoms with van der Waals surface area (Å²) in [6, 6.07) is 5.54. The molecule has 1 unspecified atom stereocenters. The standard InChI is InChI=1S/C20H28N4O6S2/c1-14(2)23(3)32(29,30)17-6-4-15(5-7-17)12-21-20(26)18-8-9-19(25)24(22-18)16-10-11-31(27,28)13-16/h4-7,14,16H,8-13H2,1-3H3,(H,21,26). The number of sulfone groups is 1. The average molecular weight is 485 g/mol. The minimum Gasteiger partial charge on any atom is -0.347 e. The Kier molecular flexibility index (Phi) is 7.06. The van der Waals surface area contributed by atoms with Gasteiger partial charge in [0.15, 0.2) is 9.84 Å². The lowest BCUT2D eigenvalue weighted by atomic mass is 10.1. The van der Waals surface area contributed by atoms with Crippen molar-refractivity contribution < 1.29 is 26.4 Å². The van der Waals surface area contributed by atoms with E-state index in [0.29, 0.717) is 12.0 Å². The van der Waals surface area contributed by atoms with E-state index in [1.54, 1.807) is 26.0 Å². The van der Waals surface area contributed by atoms with Crippen LogP contribution in [-0.4, -0.2) is 74.3 Å². The summed E-state index contributed by atoms with van der Waals surface area (Å²) in [5.41, 5.74) is 0.877. The quantitative estimate of drug-likeness (QED) is 0.599. The fourth-order valence-corrected chi connectivity index (χ4v) is 6.56. The summed E-state index contributed by atoms with van der Waals surface area (Å²) in [5, 5.41) is 8.01. The molecule has 1 saturated heterocycles. The molecule has 1 aromatic carbocycles. The SMILES string of the molecule is CC(C)N(C)S(=O)(=O)c1ccc(CNC(=O)C2=NN(C3CCS(=O)(=O)C3)C(=O)CC2)cc1. The van der Waals surface area contributed by atoms with Crippen LogP contribution >= 0.6 is 0 Å². The van der Waals surface area contributed by atoms with Crippen molar-refractivity contribution in [1.29, 1.82) is 0 Å². The first-order chi connectivity index (χ1) is 14.9. The van der Waals surface area contributed by atoms with E-state index in [4.69, 9.17) is 0 Å². The van der Waals surface area contributed by atoms with Crippen molar-refractivity contribution in [3.63, 3.8) is 0 Å². The molecular weight excluding hydrogens is 456 g/mol. The molecule has 1 aromatic rings. The summed E-state index contributed by atoms with van der Waals surface area (Å²) in [6.45, 7) is 3.73. The van der Waals surface area contributed by atoms with Gasteiger partial charge in [0, 0.05) is 32.5 Å². The highest BCUT2D eigenvalue weighted by Gasteiger charge is 2.37. The molecule has 0 spiro atoms. The largest absolute Gasteiger partial charge is 0.347 e. The van der Waals surface area contributed by atoms with Crippen LogP contribution in [-0.2, 0) is 36.0 Å². The summed E-state index contributed by atoms with van der Waals surface area (Å²) >= 11 is 0. The third kappa shape index (κ3) is 5.36. The van der Waals surface area contributed by atoms with Crippen molar-refractivity contribution in [2.75, 3.05) is 18.6 Å². The van der Waals surface area contributed by atoms with E-state index in [2.05, 4.69) is 10.4 Å². The molecule has 1 atom stereocenters. The maximum Gasteiger partial charge on any atom is 0.267 e. The number of rotatable bonds is 7. The van der Waals surface area contributed by atoms with Gasteiger partial charge in [-0.2, -0.15) is 9.41 Å². The highest BCUT2D eigenvalue weighted by molar-refractivity contribution is 7.91. The van der Waals surface area contributed by atoms with Gasteiger partial charge in [0.05, 0.1) is 22.4 Å². The smallest absolute Gasteiger partial charge is 0.267 e. The van der Waals surface area contributed by atoms with E-state index < -0.39 is 31.8 Å². The Morgan fingerprint density at radius 3 is 2.47 bits per heavy atom. The third-order valence-corrected chi connectivity index (χ3v) is 9.45. The molecule has 0 radical (unpaired) electrons. The molecule has 10 nitrogen and oxygen atoms in total. The number of hydrogen-bond acceptors (Lipinski definition) is 7. The van der Waals surface area contributed by atoms with Gasteiger partial charge in [0.25, 0.3) is 5.91 Å². The van der Waals surface area contributed by atoms with Gasteiger partial charge in [0.2, 0.25) is 15.9 Å². The zero-order valence-corrected chi connectivity index (χ0v) is 19.9. The normalized spacial score (nSPS) is 21.2. The molecular formula is C20H28N4O6S2. The lowest BCUT2D eigenvalue weighted by Gasteiger charge is -2.27. The van der Waals surface area contributed by atoms with Crippen LogP contribution in [0, 0.1) is 0 Å². The Morgan fingerprint density at radius 1 is 1.25 bits per heavy atom. The molecule has 0 aromatic heterocycles.